The van der Waals surface area contributed by atoms with Crippen molar-refractivity contribution in [2.45, 2.75) is 19.8 Å². The first-order valence-electron chi connectivity index (χ1n) is 11.2. The number of rotatable bonds is 8. The number of pyridine rings is 1. The summed E-state index contributed by atoms with van der Waals surface area (Å²) in [6.45, 7) is 2.82. The Kier molecular flexibility index (Phi) is 7.25. The lowest BCUT2D eigenvalue weighted by Crippen LogP contribution is -2.14. The molecule has 6 heteroatoms. The standard InChI is InChI=1S/C28H27ClFN3O/c1-19-14-15-31-18-27(19)33-25(20-6-9-22(29)10-7-20)12-13-26(33)23-11-8-21(17-24(23)30)28(34)5-4-16-32(2)3/h6-15,17-18H,4-5,16H2,1-3H3. The Morgan fingerprint density at radius 1 is 1.03 bits per heavy atom. The van der Waals surface area contributed by atoms with Crippen LogP contribution in [0.25, 0.3) is 28.2 Å². The summed E-state index contributed by atoms with van der Waals surface area (Å²) >= 11 is 6.09. The van der Waals surface area contributed by atoms with Gasteiger partial charge in [0.25, 0.3) is 0 Å². The molecule has 2 heterocycles. The molecule has 4 nitrogen and oxygen atoms in total. The van der Waals surface area contributed by atoms with Crippen molar-refractivity contribution in [1.82, 2.24) is 14.5 Å². The first kappa shape index (κ1) is 23.9. The van der Waals surface area contributed by atoms with Crippen molar-refractivity contribution in [2.75, 3.05) is 20.6 Å². The molecule has 4 rings (SSSR count). The number of nitrogens with zero attached hydrogens (tertiary/aromatic N) is 3. The Hall–Kier alpha value is -3.28. The van der Waals surface area contributed by atoms with E-state index in [4.69, 9.17) is 11.6 Å². The lowest BCUT2D eigenvalue weighted by Gasteiger charge is -2.17. The molecular formula is C28H27ClFN3O. The maximum atomic E-state index is 15.4. The SMILES string of the molecule is Cc1ccncc1-n1c(-c2ccc(Cl)cc2)ccc1-c1ccc(C(=O)CCCN(C)C)cc1F. The van der Waals surface area contributed by atoms with Gasteiger partial charge in [-0.3, -0.25) is 9.78 Å². The van der Waals surface area contributed by atoms with Crippen molar-refractivity contribution in [1.29, 1.82) is 0 Å². The molecule has 0 spiro atoms. The van der Waals surface area contributed by atoms with Crippen LogP contribution in [0.1, 0.15) is 28.8 Å². The number of hydrogen-bond donors (Lipinski definition) is 0. The normalized spacial score (nSPS) is 11.2. The van der Waals surface area contributed by atoms with Gasteiger partial charge in [0.1, 0.15) is 5.82 Å². The molecule has 0 fully saturated rings. The zero-order chi connectivity index (χ0) is 24.2. The minimum Gasteiger partial charge on any atom is -0.309 e. The summed E-state index contributed by atoms with van der Waals surface area (Å²) in [4.78, 5) is 18.9. The van der Waals surface area contributed by atoms with Crippen molar-refractivity contribution in [3.63, 3.8) is 0 Å². The number of hydrogen-bond acceptors (Lipinski definition) is 3. The summed E-state index contributed by atoms with van der Waals surface area (Å²) < 4.78 is 17.4. The maximum Gasteiger partial charge on any atom is 0.163 e. The highest BCUT2D eigenvalue weighted by Crippen LogP contribution is 2.35. The quantitative estimate of drug-likeness (QED) is 0.262. The van der Waals surface area contributed by atoms with Crippen LogP contribution in [0.4, 0.5) is 4.39 Å². The second-order valence-corrected chi connectivity index (χ2v) is 9.07. The summed E-state index contributed by atoms with van der Waals surface area (Å²) in [7, 11) is 3.94. The van der Waals surface area contributed by atoms with E-state index in [9.17, 15) is 4.79 Å². The molecule has 0 radical (unpaired) electrons. The van der Waals surface area contributed by atoms with Gasteiger partial charge in [0.05, 0.1) is 23.3 Å². The van der Waals surface area contributed by atoms with Crippen LogP contribution in [0.3, 0.4) is 0 Å². The van der Waals surface area contributed by atoms with E-state index in [-0.39, 0.29) is 5.78 Å². The van der Waals surface area contributed by atoms with E-state index >= 15 is 4.39 Å². The van der Waals surface area contributed by atoms with Gasteiger partial charge in [0, 0.05) is 28.8 Å². The van der Waals surface area contributed by atoms with E-state index in [0.717, 1.165) is 35.5 Å². The number of halogens is 2. The van der Waals surface area contributed by atoms with Crippen LogP contribution in [0.15, 0.2) is 73.1 Å². The molecular weight excluding hydrogens is 449 g/mol. The number of aromatic nitrogens is 2. The third-order valence-electron chi connectivity index (χ3n) is 5.85. The summed E-state index contributed by atoms with van der Waals surface area (Å²) in [5, 5.41) is 0.650. The molecule has 0 amide bonds. The van der Waals surface area contributed by atoms with Crippen LogP contribution >= 0.6 is 11.6 Å². The largest absolute Gasteiger partial charge is 0.309 e. The third kappa shape index (κ3) is 5.11. The highest BCUT2D eigenvalue weighted by Gasteiger charge is 2.19. The van der Waals surface area contributed by atoms with Gasteiger partial charge < -0.3 is 9.47 Å². The molecule has 0 bridgehead atoms. The number of ketones is 1. The number of carbonyl (C=O) groups is 1. The van der Waals surface area contributed by atoms with E-state index in [1.165, 1.54) is 6.07 Å². The smallest absolute Gasteiger partial charge is 0.163 e. The van der Waals surface area contributed by atoms with E-state index in [0.29, 0.717) is 28.3 Å². The third-order valence-corrected chi connectivity index (χ3v) is 6.10. The first-order valence-corrected chi connectivity index (χ1v) is 11.6. The van der Waals surface area contributed by atoms with Crippen LogP contribution in [0.5, 0.6) is 0 Å². The van der Waals surface area contributed by atoms with Gasteiger partial charge in [-0.25, -0.2) is 4.39 Å². The van der Waals surface area contributed by atoms with Crippen LogP contribution in [0.2, 0.25) is 5.02 Å². The Balaban J connectivity index is 1.77. The van der Waals surface area contributed by atoms with Gasteiger partial charge in [0.15, 0.2) is 5.78 Å². The van der Waals surface area contributed by atoms with Crippen LogP contribution in [-0.2, 0) is 0 Å². The molecule has 0 atom stereocenters. The molecule has 2 aromatic carbocycles. The van der Waals surface area contributed by atoms with E-state index in [2.05, 4.69) is 4.98 Å². The average Bonchev–Trinajstić information content (AvgIpc) is 3.24. The van der Waals surface area contributed by atoms with E-state index < -0.39 is 5.82 Å². The van der Waals surface area contributed by atoms with Gasteiger partial charge in [0.2, 0.25) is 0 Å². The van der Waals surface area contributed by atoms with Crippen LogP contribution in [-0.4, -0.2) is 40.9 Å². The van der Waals surface area contributed by atoms with Crippen molar-refractivity contribution in [3.8, 4) is 28.2 Å². The minimum atomic E-state index is -0.429. The number of aryl methyl sites for hydroxylation is 1. The lowest BCUT2D eigenvalue weighted by molar-refractivity contribution is 0.0977. The molecule has 34 heavy (non-hydrogen) atoms. The van der Waals surface area contributed by atoms with Gasteiger partial charge >= 0.3 is 0 Å². The van der Waals surface area contributed by atoms with Gasteiger partial charge in [-0.05, 0) is 87.6 Å². The summed E-state index contributed by atoms with van der Waals surface area (Å²) in [6, 6.07) is 18.1. The Morgan fingerprint density at radius 3 is 2.44 bits per heavy atom. The molecule has 174 valence electrons. The number of benzene rings is 2. The topological polar surface area (TPSA) is 38.1 Å². The Bertz CT molecular complexity index is 1310. The summed E-state index contributed by atoms with van der Waals surface area (Å²) in [5.41, 5.74) is 5.22. The second kappa shape index (κ2) is 10.3. The summed E-state index contributed by atoms with van der Waals surface area (Å²) in [6.07, 6.45) is 4.64. The van der Waals surface area contributed by atoms with Crippen molar-refractivity contribution < 1.29 is 9.18 Å². The van der Waals surface area contributed by atoms with Crippen molar-refractivity contribution in [2.24, 2.45) is 0 Å². The van der Waals surface area contributed by atoms with Crippen molar-refractivity contribution >= 4 is 17.4 Å². The van der Waals surface area contributed by atoms with Crippen molar-refractivity contribution in [3.05, 3.63) is 95.0 Å². The number of carbonyl (C=O) groups excluding carboxylic acids is 1. The Morgan fingerprint density at radius 2 is 1.76 bits per heavy atom. The fourth-order valence-electron chi connectivity index (χ4n) is 4.04. The monoisotopic (exact) mass is 475 g/mol. The van der Waals surface area contributed by atoms with Crippen LogP contribution in [0, 0.1) is 12.7 Å². The second-order valence-electron chi connectivity index (χ2n) is 8.63. The van der Waals surface area contributed by atoms with E-state index in [1.807, 2.05) is 73.0 Å². The molecule has 0 saturated heterocycles. The van der Waals surface area contributed by atoms with E-state index in [1.54, 1.807) is 24.5 Å². The fraction of sp³-hybridized carbons (Fsp3) is 0.214. The first-order chi connectivity index (χ1) is 16.3. The molecule has 0 unspecified atom stereocenters. The molecule has 0 aliphatic rings. The van der Waals surface area contributed by atoms with Gasteiger partial charge in [-0.1, -0.05) is 29.8 Å². The maximum absolute atomic E-state index is 15.4. The fourth-order valence-corrected chi connectivity index (χ4v) is 4.16. The zero-order valence-electron chi connectivity index (χ0n) is 19.6. The number of Topliss-reactive ketones (excluding diaryl/α,β-unsaturated/α-hetero) is 1. The molecule has 0 N–H and O–H groups in total. The zero-order valence-corrected chi connectivity index (χ0v) is 20.3. The average molecular weight is 476 g/mol. The van der Waals surface area contributed by atoms with Crippen LogP contribution < -0.4 is 0 Å². The Labute approximate surface area is 204 Å². The molecule has 0 saturated carbocycles. The molecule has 4 aromatic rings. The highest BCUT2D eigenvalue weighted by atomic mass is 35.5. The predicted molar refractivity (Wildman–Crippen MR) is 136 cm³/mol. The lowest BCUT2D eigenvalue weighted by atomic mass is 10.0. The van der Waals surface area contributed by atoms with Gasteiger partial charge in [-0.2, -0.15) is 0 Å². The highest BCUT2D eigenvalue weighted by molar-refractivity contribution is 6.30. The molecule has 0 aliphatic heterocycles. The van der Waals surface area contributed by atoms with Gasteiger partial charge in [-0.15, -0.1) is 0 Å². The summed E-state index contributed by atoms with van der Waals surface area (Å²) in [5.74, 6) is -0.477. The predicted octanol–water partition coefficient (Wildman–Crippen LogP) is 6.83. The minimum absolute atomic E-state index is 0.0485. The molecule has 2 aromatic heterocycles. The molecule has 0 aliphatic carbocycles.